The quantitative estimate of drug-likeness (QED) is 0.717. The topological polar surface area (TPSA) is 84.2 Å². The predicted molar refractivity (Wildman–Crippen MR) is 70.2 cm³/mol. The van der Waals surface area contributed by atoms with Crippen molar-refractivity contribution in [2.75, 3.05) is 13.1 Å². The molecule has 96 valence electrons. The summed E-state index contributed by atoms with van der Waals surface area (Å²) in [6, 6.07) is 2.00. The van der Waals surface area contributed by atoms with Crippen LogP contribution in [0.1, 0.15) is 10.4 Å². The average molecular weight is 278 g/mol. The van der Waals surface area contributed by atoms with Gasteiger partial charge in [-0.3, -0.25) is 9.59 Å². The normalized spacial score (nSPS) is 9.29. The lowest BCUT2D eigenvalue weighted by Crippen LogP contribution is -2.39. The summed E-state index contributed by atoms with van der Waals surface area (Å²) in [4.78, 5) is 23.2. The molecule has 1 aromatic heterocycles. The average Bonchev–Trinajstić information content (AvgIpc) is 2.69. The molecule has 7 heteroatoms. The molecule has 0 atom stereocenters. The molecule has 0 aliphatic heterocycles. The highest BCUT2D eigenvalue weighted by Crippen LogP contribution is 2.14. The van der Waals surface area contributed by atoms with Gasteiger partial charge in [-0.15, -0.1) is 23.7 Å². The summed E-state index contributed by atoms with van der Waals surface area (Å²) in [5, 5.41) is 7.10. The summed E-state index contributed by atoms with van der Waals surface area (Å²) in [6.07, 6.45) is 0. The number of hydrogen-bond acceptors (Lipinski definition) is 4. The molecule has 1 rings (SSSR count). The maximum atomic E-state index is 11.3. The van der Waals surface area contributed by atoms with E-state index in [0.29, 0.717) is 6.54 Å². The first-order valence-electron chi connectivity index (χ1n) is 4.90. The number of halogens is 1. The number of carbonyl (C=O) groups is 2. The van der Waals surface area contributed by atoms with Gasteiger partial charge in [-0.1, -0.05) is 0 Å². The molecule has 1 heterocycles. The maximum Gasteiger partial charge on any atom is 0.239 e. The van der Waals surface area contributed by atoms with E-state index in [1.165, 1.54) is 0 Å². The van der Waals surface area contributed by atoms with Crippen LogP contribution < -0.4 is 16.4 Å². The second kappa shape index (κ2) is 8.05. The first-order valence-corrected chi connectivity index (χ1v) is 5.78. The predicted octanol–water partition coefficient (Wildman–Crippen LogP) is 0.169. The number of carbonyl (C=O) groups excluding carboxylic acids is 2. The smallest absolute Gasteiger partial charge is 0.239 e. The van der Waals surface area contributed by atoms with Crippen molar-refractivity contribution < 1.29 is 9.59 Å². The molecule has 0 unspecified atom stereocenters. The van der Waals surface area contributed by atoms with Crippen molar-refractivity contribution >= 4 is 35.6 Å². The van der Waals surface area contributed by atoms with Gasteiger partial charge in [-0.2, -0.15) is 0 Å². The van der Waals surface area contributed by atoms with Gasteiger partial charge >= 0.3 is 0 Å². The molecular formula is C10H16ClN3O2S. The van der Waals surface area contributed by atoms with Crippen LogP contribution in [0.15, 0.2) is 11.4 Å². The van der Waals surface area contributed by atoms with Crippen LogP contribution in [-0.2, 0) is 16.1 Å². The Morgan fingerprint density at radius 1 is 1.35 bits per heavy atom. The van der Waals surface area contributed by atoms with Crippen molar-refractivity contribution in [2.24, 2.45) is 5.73 Å². The van der Waals surface area contributed by atoms with Crippen LogP contribution in [0.3, 0.4) is 0 Å². The standard InChI is InChI=1S/C10H15N3O2S.ClH/c1-7-2-3-16-8(7)5-12-10(15)6-13-9(14)4-11;/h2-3H,4-6,11H2,1H3,(H,12,15)(H,13,14);1H. The Morgan fingerprint density at radius 3 is 2.59 bits per heavy atom. The van der Waals surface area contributed by atoms with E-state index in [1.807, 2.05) is 18.4 Å². The lowest BCUT2D eigenvalue weighted by Gasteiger charge is -2.05. The highest BCUT2D eigenvalue weighted by atomic mass is 35.5. The molecule has 0 saturated carbocycles. The van der Waals surface area contributed by atoms with E-state index in [1.54, 1.807) is 11.3 Å². The number of amides is 2. The third-order valence-electron chi connectivity index (χ3n) is 2.05. The third-order valence-corrected chi connectivity index (χ3v) is 3.07. The van der Waals surface area contributed by atoms with Crippen molar-refractivity contribution in [2.45, 2.75) is 13.5 Å². The molecule has 5 nitrogen and oxygen atoms in total. The Kier molecular flexibility index (Phi) is 7.53. The largest absolute Gasteiger partial charge is 0.350 e. The molecule has 4 N–H and O–H groups in total. The fourth-order valence-corrected chi connectivity index (χ4v) is 1.92. The molecule has 0 aromatic carbocycles. The van der Waals surface area contributed by atoms with Crippen molar-refractivity contribution in [1.29, 1.82) is 0 Å². The van der Waals surface area contributed by atoms with Gasteiger partial charge in [0.05, 0.1) is 19.6 Å². The zero-order valence-electron chi connectivity index (χ0n) is 9.49. The summed E-state index contributed by atoms with van der Waals surface area (Å²) >= 11 is 1.60. The van der Waals surface area contributed by atoms with Crippen LogP contribution in [0.4, 0.5) is 0 Å². The summed E-state index contributed by atoms with van der Waals surface area (Å²) in [7, 11) is 0. The number of hydrogen-bond donors (Lipinski definition) is 3. The lowest BCUT2D eigenvalue weighted by molar-refractivity contribution is -0.125. The molecular weight excluding hydrogens is 262 g/mol. The van der Waals surface area contributed by atoms with Gasteiger partial charge in [0.1, 0.15) is 0 Å². The highest BCUT2D eigenvalue weighted by Gasteiger charge is 2.05. The van der Waals surface area contributed by atoms with Gasteiger partial charge in [-0.25, -0.2) is 0 Å². The van der Waals surface area contributed by atoms with Crippen molar-refractivity contribution in [3.63, 3.8) is 0 Å². The minimum atomic E-state index is -0.331. The molecule has 0 radical (unpaired) electrons. The highest BCUT2D eigenvalue weighted by molar-refractivity contribution is 7.10. The Balaban J connectivity index is 0.00000256. The summed E-state index contributed by atoms with van der Waals surface area (Å²) < 4.78 is 0. The molecule has 0 aliphatic rings. The summed E-state index contributed by atoms with van der Waals surface area (Å²) in [5.74, 6) is -0.544. The van der Waals surface area contributed by atoms with Crippen LogP contribution in [-0.4, -0.2) is 24.9 Å². The second-order valence-electron chi connectivity index (χ2n) is 3.28. The summed E-state index contributed by atoms with van der Waals surface area (Å²) in [6.45, 7) is 2.37. The van der Waals surface area contributed by atoms with Crippen molar-refractivity contribution in [3.05, 3.63) is 21.9 Å². The Morgan fingerprint density at radius 2 is 2.06 bits per heavy atom. The number of rotatable bonds is 5. The van der Waals surface area contributed by atoms with E-state index in [9.17, 15) is 9.59 Å². The van der Waals surface area contributed by atoms with Gasteiger partial charge < -0.3 is 16.4 Å². The van der Waals surface area contributed by atoms with Crippen LogP contribution in [0.2, 0.25) is 0 Å². The molecule has 1 aromatic rings. The number of thiophene rings is 1. The molecule has 0 fully saturated rings. The molecule has 0 spiro atoms. The zero-order valence-corrected chi connectivity index (χ0v) is 11.1. The molecule has 0 saturated heterocycles. The number of aryl methyl sites for hydroxylation is 1. The maximum absolute atomic E-state index is 11.3. The molecule has 0 bridgehead atoms. The van der Waals surface area contributed by atoms with Crippen molar-refractivity contribution in [1.82, 2.24) is 10.6 Å². The monoisotopic (exact) mass is 277 g/mol. The fraction of sp³-hybridized carbons (Fsp3) is 0.400. The Labute approximate surface area is 110 Å². The van der Waals surface area contributed by atoms with Crippen LogP contribution >= 0.6 is 23.7 Å². The zero-order chi connectivity index (χ0) is 12.0. The first-order chi connectivity index (χ1) is 7.63. The lowest BCUT2D eigenvalue weighted by atomic mass is 10.3. The molecule has 2 amide bonds. The van der Waals surface area contributed by atoms with Gasteiger partial charge in [0.25, 0.3) is 0 Å². The van der Waals surface area contributed by atoms with E-state index in [4.69, 9.17) is 5.73 Å². The van der Waals surface area contributed by atoms with Gasteiger partial charge in [0.2, 0.25) is 11.8 Å². The molecule has 17 heavy (non-hydrogen) atoms. The SMILES string of the molecule is Cc1ccsc1CNC(=O)CNC(=O)CN.Cl. The van der Waals surface area contributed by atoms with E-state index in [0.717, 1.165) is 10.4 Å². The Hall–Kier alpha value is -1.11. The van der Waals surface area contributed by atoms with Crippen LogP contribution in [0.25, 0.3) is 0 Å². The first kappa shape index (κ1) is 15.9. The summed E-state index contributed by atoms with van der Waals surface area (Å²) in [5.41, 5.74) is 6.25. The van der Waals surface area contributed by atoms with Crippen molar-refractivity contribution in [3.8, 4) is 0 Å². The van der Waals surface area contributed by atoms with Gasteiger partial charge in [0, 0.05) is 4.88 Å². The van der Waals surface area contributed by atoms with Gasteiger partial charge in [0.15, 0.2) is 0 Å². The fourth-order valence-electron chi connectivity index (χ4n) is 1.08. The minimum absolute atomic E-state index is 0. The number of nitrogens with one attached hydrogen (secondary N) is 2. The van der Waals surface area contributed by atoms with E-state index >= 15 is 0 Å². The molecule has 0 aliphatic carbocycles. The van der Waals surface area contributed by atoms with Crippen LogP contribution in [0, 0.1) is 6.92 Å². The van der Waals surface area contributed by atoms with E-state index in [2.05, 4.69) is 10.6 Å². The second-order valence-corrected chi connectivity index (χ2v) is 4.29. The number of nitrogens with two attached hydrogens (primary N) is 1. The van der Waals surface area contributed by atoms with Gasteiger partial charge in [-0.05, 0) is 23.9 Å². The van der Waals surface area contributed by atoms with E-state index in [-0.39, 0.29) is 37.3 Å². The van der Waals surface area contributed by atoms with E-state index < -0.39 is 0 Å². The third kappa shape index (κ3) is 5.67. The minimum Gasteiger partial charge on any atom is -0.350 e. The van der Waals surface area contributed by atoms with Crippen LogP contribution in [0.5, 0.6) is 0 Å². The Bertz CT molecular complexity index is 381.